The van der Waals surface area contributed by atoms with E-state index in [1.807, 2.05) is 45.2 Å². The number of hydrogen-bond donors (Lipinski definition) is 2. The monoisotopic (exact) mass is 302 g/mol. The minimum absolute atomic E-state index is 0.164. The van der Waals surface area contributed by atoms with Crippen LogP contribution in [0.2, 0.25) is 0 Å². The average Bonchev–Trinajstić information content (AvgIpc) is 2.76. The molecule has 0 aliphatic carbocycles. The minimum Gasteiger partial charge on any atom is -0.444 e. The molecule has 0 aliphatic heterocycles. The maximum Gasteiger partial charge on any atom is 0.412 e. The molecule has 2 aromatic rings. The number of hydrogen-bond acceptors (Lipinski definition) is 3. The number of nitrogens with one attached hydrogen (secondary N) is 2. The molecule has 0 saturated carbocycles. The molecule has 1 aromatic heterocycles. The fraction of sp³-hybridized carbons (Fsp3) is 0.412. The van der Waals surface area contributed by atoms with E-state index < -0.39 is 11.7 Å². The van der Waals surface area contributed by atoms with Crippen LogP contribution < -0.4 is 5.32 Å². The number of Topliss-reactive ketones (excluding diaryl/α,β-unsaturated/α-hetero) is 1. The Balaban J connectivity index is 2.16. The average molecular weight is 302 g/mol. The first kappa shape index (κ1) is 16.1. The number of benzene rings is 1. The Labute approximate surface area is 130 Å². The summed E-state index contributed by atoms with van der Waals surface area (Å²) < 4.78 is 5.24. The van der Waals surface area contributed by atoms with Crippen LogP contribution in [-0.2, 0) is 16.0 Å². The maximum absolute atomic E-state index is 11.8. The summed E-state index contributed by atoms with van der Waals surface area (Å²) in [5.41, 5.74) is 2.19. The third kappa shape index (κ3) is 4.35. The number of rotatable bonds is 4. The second-order valence-electron chi connectivity index (χ2n) is 6.40. The number of aromatic nitrogens is 1. The highest BCUT2D eigenvalue weighted by molar-refractivity contribution is 5.92. The van der Waals surface area contributed by atoms with Crippen molar-refractivity contribution < 1.29 is 14.3 Å². The third-order valence-corrected chi connectivity index (χ3v) is 3.16. The van der Waals surface area contributed by atoms with Gasteiger partial charge in [0.15, 0.2) is 0 Å². The predicted octanol–water partition coefficient (Wildman–Crippen LogP) is 4.04. The van der Waals surface area contributed by atoms with E-state index >= 15 is 0 Å². The highest BCUT2D eigenvalue weighted by atomic mass is 16.6. The van der Waals surface area contributed by atoms with E-state index in [0.717, 1.165) is 16.5 Å². The van der Waals surface area contributed by atoms with Gasteiger partial charge in [-0.1, -0.05) is 0 Å². The van der Waals surface area contributed by atoms with E-state index in [2.05, 4.69) is 10.3 Å². The first-order chi connectivity index (χ1) is 10.2. The number of amides is 1. The van der Waals surface area contributed by atoms with Crippen molar-refractivity contribution in [2.24, 2.45) is 0 Å². The topological polar surface area (TPSA) is 71.2 Å². The van der Waals surface area contributed by atoms with Gasteiger partial charge in [0.25, 0.3) is 0 Å². The van der Waals surface area contributed by atoms with E-state index in [4.69, 9.17) is 4.74 Å². The zero-order valence-corrected chi connectivity index (χ0v) is 13.4. The zero-order valence-electron chi connectivity index (χ0n) is 13.4. The van der Waals surface area contributed by atoms with E-state index in [1.165, 1.54) is 0 Å². The van der Waals surface area contributed by atoms with Crippen molar-refractivity contribution in [3.63, 3.8) is 0 Å². The van der Waals surface area contributed by atoms with Gasteiger partial charge in [-0.2, -0.15) is 0 Å². The van der Waals surface area contributed by atoms with Crippen LogP contribution in [-0.4, -0.2) is 22.5 Å². The number of carbonyl (C=O) groups is 2. The molecular weight excluding hydrogens is 280 g/mol. The van der Waals surface area contributed by atoms with Crippen LogP contribution in [0.15, 0.2) is 24.4 Å². The Bertz CT molecular complexity index is 695. The SMILES string of the molecule is CC(=O)CCc1c[nH]c2ccc(NC(=O)OC(C)(C)C)cc12. The van der Waals surface area contributed by atoms with Gasteiger partial charge in [0, 0.05) is 29.2 Å². The zero-order chi connectivity index (χ0) is 16.3. The second-order valence-corrected chi connectivity index (χ2v) is 6.40. The lowest BCUT2D eigenvalue weighted by Gasteiger charge is -2.19. The van der Waals surface area contributed by atoms with Crippen molar-refractivity contribution in [3.8, 4) is 0 Å². The van der Waals surface area contributed by atoms with Crippen molar-refractivity contribution in [1.29, 1.82) is 0 Å². The number of carbonyl (C=O) groups excluding carboxylic acids is 2. The molecule has 0 fully saturated rings. The first-order valence-electron chi connectivity index (χ1n) is 7.34. The molecular formula is C17H22N2O3. The van der Waals surface area contributed by atoms with Crippen LogP contribution in [0.3, 0.4) is 0 Å². The van der Waals surface area contributed by atoms with Gasteiger partial charge >= 0.3 is 6.09 Å². The Kier molecular flexibility index (Phi) is 4.54. The smallest absolute Gasteiger partial charge is 0.412 e. The third-order valence-electron chi connectivity index (χ3n) is 3.16. The molecule has 0 saturated heterocycles. The molecule has 0 atom stereocenters. The molecule has 118 valence electrons. The molecule has 0 bridgehead atoms. The van der Waals surface area contributed by atoms with Crippen LogP contribution >= 0.6 is 0 Å². The quantitative estimate of drug-likeness (QED) is 0.895. The maximum atomic E-state index is 11.8. The number of aryl methyl sites for hydroxylation is 1. The number of ether oxygens (including phenoxy) is 1. The fourth-order valence-electron chi connectivity index (χ4n) is 2.20. The van der Waals surface area contributed by atoms with E-state index in [9.17, 15) is 9.59 Å². The van der Waals surface area contributed by atoms with Gasteiger partial charge in [0.05, 0.1) is 0 Å². The van der Waals surface area contributed by atoms with Gasteiger partial charge < -0.3 is 14.5 Å². The molecule has 0 unspecified atom stereocenters. The summed E-state index contributed by atoms with van der Waals surface area (Å²) in [4.78, 5) is 26.1. The summed E-state index contributed by atoms with van der Waals surface area (Å²) in [7, 11) is 0. The highest BCUT2D eigenvalue weighted by Gasteiger charge is 2.16. The van der Waals surface area contributed by atoms with Crippen LogP contribution in [0.1, 0.15) is 39.7 Å². The van der Waals surface area contributed by atoms with Crippen LogP contribution in [0.4, 0.5) is 10.5 Å². The Morgan fingerprint density at radius 2 is 2.00 bits per heavy atom. The van der Waals surface area contributed by atoms with Crippen molar-refractivity contribution >= 4 is 28.5 Å². The molecule has 1 heterocycles. The fourth-order valence-corrected chi connectivity index (χ4v) is 2.20. The normalized spacial score (nSPS) is 11.5. The summed E-state index contributed by atoms with van der Waals surface area (Å²) in [6.45, 7) is 7.05. The number of anilines is 1. The number of aromatic amines is 1. The van der Waals surface area contributed by atoms with Crippen LogP contribution in [0.5, 0.6) is 0 Å². The lowest BCUT2D eigenvalue weighted by Crippen LogP contribution is -2.27. The summed E-state index contributed by atoms with van der Waals surface area (Å²) in [6.07, 6.45) is 2.62. The standard InChI is InChI=1S/C17H22N2O3/c1-11(20)5-6-12-10-18-15-8-7-13(9-14(12)15)19-16(21)22-17(2,3)4/h7-10,18H,5-6H2,1-4H3,(H,19,21). The van der Waals surface area contributed by atoms with Gasteiger partial charge in [-0.25, -0.2) is 4.79 Å². The molecule has 0 spiro atoms. The van der Waals surface area contributed by atoms with Crippen LogP contribution in [0, 0.1) is 0 Å². The van der Waals surface area contributed by atoms with Gasteiger partial charge in [-0.05, 0) is 57.9 Å². The Morgan fingerprint density at radius 3 is 2.64 bits per heavy atom. The van der Waals surface area contributed by atoms with E-state index in [-0.39, 0.29) is 5.78 Å². The van der Waals surface area contributed by atoms with Crippen molar-refractivity contribution in [1.82, 2.24) is 4.98 Å². The Hall–Kier alpha value is -2.30. The predicted molar refractivity (Wildman–Crippen MR) is 87.2 cm³/mol. The van der Waals surface area contributed by atoms with Gasteiger partial charge in [-0.15, -0.1) is 0 Å². The molecule has 0 radical (unpaired) electrons. The van der Waals surface area contributed by atoms with Crippen molar-refractivity contribution in [3.05, 3.63) is 30.0 Å². The Morgan fingerprint density at radius 1 is 1.27 bits per heavy atom. The summed E-state index contributed by atoms with van der Waals surface area (Å²) in [5, 5.41) is 3.74. The largest absolute Gasteiger partial charge is 0.444 e. The van der Waals surface area contributed by atoms with Crippen LogP contribution in [0.25, 0.3) is 10.9 Å². The molecule has 1 aromatic carbocycles. The lowest BCUT2D eigenvalue weighted by atomic mass is 10.1. The van der Waals surface area contributed by atoms with Gasteiger partial charge in [-0.3, -0.25) is 5.32 Å². The van der Waals surface area contributed by atoms with E-state index in [1.54, 1.807) is 6.92 Å². The number of fused-ring (bicyclic) bond motifs is 1. The molecule has 5 heteroatoms. The summed E-state index contributed by atoms with van der Waals surface area (Å²) in [5.74, 6) is 0.164. The molecule has 0 aliphatic rings. The number of ketones is 1. The second kappa shape index (κ2) is 6.22. The van der Waals surface area contributed by atoms with Crippen molar-refractivity contribution in [2.45, 2.75) is 46.1 Å². The number of H-pyrrole nitrogens is 1. The molecule has 5 nitrogen and oxygen atoms in total. The first-order valence-corrected chi connectivity index (χ1v) is 7.34. The van der Waals surface area contributed by atoms with E-state index in [0.29, 0.717) is 18.5 Å². The molecule has 1 amide bonds. The van der Waals surface area contributed by atoms with Gasteiger partial charge in [0.2, 0.25) is 0 Å². The summed E-state index contributed by atoms with van der Waals surface area (Å²) >= 11 is 0. The van der Waals surface area contributed by atoms with Crippen molar-refractivity contribution in [2.75, 3.05) is 5.32 Å². The summed E-state index contributed by atoms with van der Waals surface area (Å²) in [6, 6.07) is 5.61. The molecule has 2 rings (SSSR count). The lowest BCUT2D eigenvalue weighted by molar-refractivity contribution is -0.116. The molecule has 2 N–H and O–H groups in total. The van der Waals surface area contributed by atoms with Gasteiger partial charge in [0.1, 0.15) is 11.4 Å². The highest BCUT2D eigenvalue weighted by Crippen LogP contribution is 2.24. The minimum atomic E-state index is -0.533. The molecule has 22 heavy (non-hydrogen) atoms.